The van der Waals surface area contributed by atoms with Crippen molar-refractivity contribution in [3.63, 3.8) is 0 Å². The van der Waals surface area contributed by atoms with E-state index in [0.29, 0.717) is 31.1 Å². The van der Waals surface area contributed by atoms with Gasteiger partial charge in [0.2, 0.25) is 6.79 Å². The van der Waals surface area contributed by atoms with Gasteiger partial charge >= 0.3 is 5.97 Å². The normalized spacial score (nSPS) is 21.7. The summed E-state index contributed by atoms with van der Waals surface area (Å²) in [4.78, 5) is 27.9. The molecule has 35 heavy (non-hydrogen) atoms. The number of carbonyl (C=O) groups is 2. The smallest absolute Gasteiger partial charge is 0.310 e. The number of hydrogen-bond donors (Lipinski definition) is 0. The standard InChI is InChI=1S/C27H31N3O5/c1-3-33-27(32)21-5-4-12-29(15-21)16-26(31)30-23(20-10-11-24-25(13-20)35-17-34-24)14-22(28-30)19-8-6-18(2)7-9-19/h6-11,13,21,23H,3-5,12,14-17H2,1-2H3. The first-order chi connectivity index (χ1) is 17.0. The number of rotatable bonds is 6. The van der Waals surface area contributed by atoms with Crippen molar-refractivity contribution in [3.05, 3.63) is 59.2 Å². The second-order valence-corrected chi connectivity index (χ2v) is 9.31. The van der Waals surface area contributed by atoms with E-state index in [-0.39, 0.29) is 37.2 Å². The largest absolute Gasteiger partial charge is 0.466 e. The third kappa shape index (κ3) is 5.03. The summed E-state index contributed by atoms with van der Waals surface area (Å²) in [6, 6.07) is 13.8. The molecule has 0 radical (unpaired) electrons. The van der Waals surface area contributed by atoms with Gasteiger partial charge in [0.1, 0.15) is 0 Å². The fraction of sp³-hybridized carbons (Fsp3) is 0.444. The summed E-state index contributed by atoms with van der Waals surface area (Å²) in [6.45, 7) is 5.95. The van der Waals surface area contributed by atoms with Gasteiger partial charge in [-0.25, -0.2) is 5.01 Å². The molecule has 0 bridgehead atoms. The molecule has 3 aliphatic heterocycles. The second-order valence-electron chi connectivity index (χ2n) is 9.31. The Bertz CT molecular complexity index is 1130. The van der Waals surface area contributed by atoms with Crippen LogP contribution in [0.25, 0.3) is 0 Å². The van der Waals surface area contributed by atoms with Gasteiger partial charge in [0, 0.05) is 13.0 Å². The zero-order chi connectivity index (χ0) is 24.4. The van der Waals surface area contributed by atoms with Gasteiger partial charge in [0.25, 0.3) is 5.91 Å². The van der Waals surface area contributed by atoms with Crippen LogP contribution in [0, 0.1) is 12.8 Å². The number of likely N-dealkylation sites (tertiary alicyclic amines) is 1. The van der Waals surface area contributed by atoms with E-state index in [2.05, 4.69) is 12.1 Å². The molecular formula is C27H31N3O5. The van der Waals surface area contributed by atoms with Gasteiger partial charge in [-0.3, -0.25) is 14.5 Å². The quantitative estimate of drug-likeness (QED) is 0.591. The van der Waals surface area contributed by atoms with Crippen molar-refractivity contribution in [3.8, 4) is 11.5 Å². The number of piperidine rings is 1. The fourth-order valence-electron chi connectivity index (χ4n) is 4.96. The van der Waals surface area contributed by atoms with Crippen LogP contribution in [0.2, 0.25) is 0 Å². The Morgan fingerprint density at radius 3 is 2.71 bits per heavy atom. The average Bonchev–Trinajstić information content (AvgIpc) is 3.52. The summed E-state index contributed by atoms with van der Waals surface area (Å²) in [5.74, 6) is 0.948. The summed E-state index contributed by atoms with van der Waals surface area (Å²) >= 11 is 0. The van der Waals surface area contributed by atoms with E-state index in [9.17, 15) is 9.59 Å². The molecule has 1 saturated heterocycles. The molecule has 1 fully saturated rings. The fourth-order valence-corrected chi connectivity index (χ4v) is 4.96. The number of nitrogens with zero attached hydrogens (tertiary/aromatic N) is 3. The van der Waals surface area contributed by atoms with Crippen LogP contribution in [0.5, 0.6) is 11.5 Å². The summed E-state index contributed by atoms with van der Waals surface area (Å²) in [5.41, 5.74) is 4.02. The van der Waals surface area contributed by atoms with E-state index in [4.69, 9.17) is 19.3 Å². The van der Waals surface area contributed by atoms with Gasteiger partial charge < -0.3 is 14.2 Å². The predicted molar refractivity (Wildman–Crippen MR) is 130 cm³/mol. The molecule has 2 atom stereocenters. The van der Waals surface area contributed by atoms with Crippen LogP contribution in [-0.4, -0.2) is 60.5 Å². The maximum Gasteiger partial charge on any atom is 0.310 e. The zero-order valence-electron chi connectivity index (χ0n) is 20.2. The third-order valence-electron chi connectivity index (χ3n) is 6.82. The topological polar surface area (TPSA) is 80.7 Å². The molecule has 1 amide bonds. The minimum atomic E-state index is -0.237. The molecule has 8 heteroatoms. The first-order valence-corrected chi connectivity index (χ1v) is 12.3. The lowest BCUT2D eigenvalue weighted by atomic mass is 9.97. The molecule has 2 aromatic carbocycles. The molecule has 0 saturated carbocycles. The molecule has 2 aromatic rings. The Morgan fingerprint density at radius 2 is 1.91 bits per heavy atom. The lowest BCUT2D eigenvalue weighted by Gasteiger charge is -2.32. The van der Waals surface area contributed by atoms with Crippen LogP contribution in [0.4, 0.5) is 0 Å². The zero-order valence-corrected chi connectivity index (χ0v) is 20.2. The maximum absolute atomic E-state index is 13.6. The second kappa shape index (κ2) is 10.1. The number of aryl methyl sites for hydroxylation is 1. The van der Waals surface area contributed by atoms with Crippen LogP contribution < -0.4 is 9.47 Å². The molecule has 0 aliphatic carbocycles. The number of hydrogen-bond acceptors (Lipinski definition) is 7. The van der Waals surface area contributed by atoms with Gasteiger partial charge in [-0.15, -0.1) is 0 Å². The van der Waals surface area contributed by atoms with Gasteiger partial charge in [0.05, 0.1) is 30.8 Å². The van der Waals surface area contributed by atoms with E-state index in [1.807, 2.05) is 49.1 Å². The Hall–Kier alpha value is -3.39. The number of fused-ring (bicyclic) bond motifs is 1. The highest BCUT2D eigenvalue weighted by Crippen LogP contribution is 2.39. The van der Waals surface area contributed by atoms with Crippen molar-refractivity contribution < 1.29 is 23.8 Å². The molecule has 184 valence electrons. The lowest BCUT2D eigenvalue weighted by molar-refractivity contribution is -0.150. The molecule has 3 aliphatic rings. The first kappa shape index (κ1) is 23.4. The molecular weight excluding hydrogens is 446 g/mol. The summed E-state index contributed by atoms with van der Waals surface area (Å²) < 4.78 is 16.3. The first-order valence-electron chi connectivity index (χ1n) is 12.3. The molecule has 8 nitrogen and oxygen atoms in total. The maximum atomic E-state index is 13.6. The Labute approximate surface area is 205 Å². The van der Waals surface area contributed by atoms with Crippen LogP contribution in [-0.2, 0) is 14.3 Å². The highest BCUT2D eigenvalue weighted by molar-refractivity contribution is 6.03. The number of esters is 1. The number of ether oxygens (including phenoxy) is 3. The predicted octanol–water partition coefficient (Wildman–Crippen LogP) is 3.68. The summed E-state index contributed by atoms with van der Waals surface area (Å²) in [5, 5.41) is 6.41. The molecule has 0 spiro atoms. The molecule has 0 N–H and O–H groups in total. The molecule has 0 aromatic heterocycles. The van der Waals surface area contributed by atoms with E-state index in [0.717, 1.165) is 36.2 Å². The number of benzene rings is 2. The summed E-state index contributed by atoms with van der Waals surface area (Å²) in [7, 11) is 0. The van der Waals surface area contributed by atoms with Gasteiger partial charge in [-0.1, -0.05) is 35.9 Å². The van der Waals surface area contributed by atoms with Gasteiger partial charge in [-0.2, -0.15) is 5.10 Å². The highest BCUT2D eigenvalue weighted by Gasteiger charge is 2.36. The van der Waals surface area contributed by atoms with Gasteiger partial charge in [0.15, 0.2) is 11.5 Å². The van der Waals surface area contributed by atoms with Crippen molar-refractivity contribution in [1.29, 1.82) is 0 Å². The van der Waals surface area contributed by atoms with Crippen molar-refractivity contribution in [2.24, 2.45) is 11.0 Å². The minimum absolute atomic E-state index is 0.0840. The van der Waals surface area contributed by atoms with Crippen molar-refractivity contribution >= 4 is 17.6 Å². The van der Waals surface area contributed by atoms with Crippen molar-refractivity contribution in [2.45, 2.75) is 39.2 Å². The molecule has 3 heterocycles. The van der Waals surface area contributed by atoms with Crippen molar-refractivity contribution in [2.75, 3.05) is 33.0 Å². The SMILES string of the molecule is CCOC(=O)C1CCCN(CC(=O)N2N=C(c3ccc(C)cc3)CC2c2ccc3c(c2)OCO3)C1. The van der Waals surface area contributed by atoms with Crippen LogP contribution in [0.3, 0.4) is 0 Å². The number of amides is 1. The lowest BCUT2D eigenvalue weighted by Crippen LogP contribution is -2.44. The highest BCUT2D eigenvalue weighted by atomic mass is 16.7. The third-order valence-corrected chi connectivity index (χ3v) is 6.82. The molecule has 5 rings (SSSR count). The molecule has 2 unspecified atom stereocenters. The monoisotopic (exact) mass is 477 g/mol. The van der Waals surface area contributed by atoms with Crippen LogP contribution in [0.15, 0.2) is 47.6 Å². The van der Waals surface area contributed by atoms with Crippen LogP contribution in [0.1, 0.15) is 48.9 Å². The number of hydrazone groups is 1. The Kier molecular flexibility index (Phi) is 6.72. The number of carbonyl (C=O) groups excluding carboxylic acids is 2. The van der Waals surface area contributed by atoms with Gasteiger partial charge in [-0.05, 0) is 56.5 Å². The Morgan fingerprint density at radius 1 is 1.11 bits per heavy atom. The van der Waals surface area contributed by atoms with Crippen molar-refractivity contribution in [1.82, 2.24) is 9.91 Å². The Balaban J connectivity index is 1.37. The van der Waals surface area contributed by atoms with E-state index < -0.39 is 0 Å². The minimum Gasteiger partial charge on any atom is -0.466 e. The summed E-state index contributed by atoms with van der Waals surface area (Å²) in [6.07, 6.45) is 2.27. The van der Waals surface area contributed by atoms with E-state index >= 15 is 0 Å². The van der Waals surface area contributed by atoms with E-state index in [1.54, 1.807) is 5.01 Å². The van der Waals surface area contributed by atoms with E-state index in [1.165, 1.54) is 5.56 Å². The average molecular weight is 478 g/mol. The van der Waals surface area contributed by atoms with Crippen LogP contribution >= 0.6 is 0 Å².